The van der Waals surface area contributed by atoms with Crippen LogP contribution in [0.4, 0.5) is 4.79 Å². The second-order valence-corrected chi connectivity index (χ2v) is 8.18. The van der Waals surface area contributed by atoms with Crippen molar-refractivity contribution in [2.75, 3.05) is 33.0 Å². The van der Waals surface area contributed by atoms with E-state index in [1.165, 1.54) is 19.8 Å². The summed E-state index contributed by atoms with van der Waals surface area (Å²) in [5.74, 6) is 7.96. The zero-order valence-electron chi connectivity index (χ0n) is 19.4. The van der Waals surface area contributed by atoms with Gasteiger partial charge in [0, 0.05) is 32.4 Å². The molecule has 2 rings (SSSR count). The second kappa shape index (κ2) is 14.0. The first kappa shape index (κ1) is 23.6. The van der Waals surface area contributed by atoms with Crippen LogP contribution in [0.15, 0.2) is 0 Å². The van der Waals surface area contributed by atoms with E-state index in [4.69, 9.17) is 15.6 Å². The van der Waals surface area contributed by atoms with Gasteiger partial charge in [0.05, 0.1) is 26.2 Å². The van der Waals surface area contributed by atoms with Crippen molar-refractivity contribution in [2.45, 2.75) is 64.4 Å². The highest BCUT2D eigenvalue weighted by Gasteiger charge is 2.48. The molecule has 0 heterocycles. The van der Waals surface area contributed by atoms with Gasteiger partial charge in [0.1, 0.15) is 11.9 Å². The van der Waals surface area contributed by atoms with Crippen LogP contribution < -0.4 is 5.32 Å². The number of aliphatic hydroxyl groups excluding tert-OH is 1. The van der Waals surface area contributed by atoms with Gasteiger partial charge in [-0.2, -0.15) is 0 Å². The van der Waals surface area contributed by atoms with Crippen LogP contribution >= 0.6 is 0 Å². The molecule has 1 amide bonds. The molecular formula is C23H35NO7. The van der Waals surface area contributed by atoms with E-state index < -0.39 is 18.2 Å². The highest BCUT2D eigenvalue weighted by Crippen LogP contribution is 2.54. The molecule has 2 aliphatic rings. The number of ketones is 1. The predicted octanol–water partition coefficient (Wildman–Crippen LogP) is 2.22. The lowest BCUT2D eigenvalue weighted by Gasteiger charge is -2.15. The van der Waals surface area contributed by atoms with Crippen molar-refractivity contribution < 1.29 is 33.7 Å². The van der Waals surface area contributed by atoms with E-state index >= 15 is 0 Å². The Morgan fingerprint density at radius 2 is 1.90 bits per heavy atom. The molecule has 0 aromatic heterocycles. The zero-order valence-corrected chi connectivity index (χ0v) is 18.4. The molecule has 0 bridgehead atoms. The lowest BCUT2D eigenvalue weighted by Crippen LogP contribution is -2.29. The third kappa shape index (κ3) is 10.2. The molecule has 0 aliphatic heterocycles. The Morgan fingerprint density at radius 3 is 2.58 bits per heavy atom. The third-order valence-corrected chi connectivity index (χ3v) is 5.73. The lowest BCUT2D eigenvalue weighted by molar-refractivity contribution is -0.155. The average molecular weight is 439 g/mol. The fourth-order valence-electron chi connectivity index (χ4n) is 4.02. The summed E-state index contributed by atoms with van der Waals surface area (Å²) in [6.45, 7) is 2.54. The van der Waals surface area contributed by atoms with Gasteiger partial charge in [-0.25, -0.2) is 4.79 Å². The second-order valence-electron chi connectivity index (χ2n) is 8.18. The maximum absolute atomic E-state index is 11.8. The number of ether oxygens (including phenoxy) is 3. The topological polar surface area (TPSA) is 111 Å². The van der Waals surface area contributed by atoms with Crippen molar-refractivity contribution in [3.8, 4) is 11.8 Å². The first-order valence-electron chi connectivity index (χ1n) is 11.6. The van der Waals surface area contributed by atoms with Crippen molar-refractivity contribution in [1.29, 1.82) is 1.43 Å². The molecule has 1 fully saturated rings. The molecule has 4 atom stereocenters. The maximum atomic E-state index is 11.8. The molecule has 8 heteroatoms. The number of alkyl carbamates (subject to hydrolysis) is 1. The summed E-state index contributed by atoms with van der Waals surface area (Å²) >= 11 is 0. The Morgan fingerprint density at radius 1 is 1.16 bits per heavy atom. The maximum Gasteiger partial charge on any atom is 0.407 e. The summed E-state index contributed by atoms with van der Waals surface area (Å²) < 4.78 is 22.7. The molecule has 2 aliphatic carbocycles. The summed E-state index contributed by atoms with van der Waals surface area (Å²) in [4.78, 5) is 34.4. The summed E-state index contributed by atoms with van der Waals surface area (Å²) in [6.07, 6.45) is 4.76. The van der Waals surface area contributed by atoms with Gasteiger partial charge < -0.3 is 29.4 Å². The number of hydrogen-bond acceptors (Lipinski definition) is 7. The first-order chi connectivity index (χ1) is 15.5. The van der Waals surface area contributed by atoms with Gasteiger partial charge in [0.2, 0.25) is 1.43 Å². The Kier molecular flexibility index (Phi) is 10.7. The van der Waals surface area contributed by atoms with Crippen LogP contribution in [0.2, 0.25) is 0 Å². The number of hydrogen-bond donors (Lipinski definition) is 2. The smallest absolute Gasteiger partial charge is 0.407 e. The lowest BCUT2D eigenvalue weighted by atomic mass is 10.1. The average Bonchev–Trinajstić information content (AvgIpc) is 3.37. The zero-order chi connectivity index (χ0) is 23.2. The highest BCUT2D eigenvalue weighted by atomic mass is 16.6. The van der Waals surface area contributed by atoms with Crippen molar-refractivity contribution in [3.63, 3.8) is 0 Å². The van der Waals surface area contributed by atoms with Gasteiger partial charge in [0.15, 0.2) is 0 Å². The Hall–Kier alpha value is -2.11. The predicted molar refractivity (Wildman–Crippen MR) is 113 cm³/mol. The number of fused-ring (bicyclic) bond motifs is 1. The Bertz CT molecular complexity index is 657. The van der Waals surface area contributed by atoms with E-state index in [0.717, 1.165) is 31.1 Å². The summed E-state index contributed by atoms with van der Waals surface area (Å²) in [5, 5.41) is 6.99. The number of rotatable bonds is 15. The van der Waals surface area contributed by atoms with Crippen LogP contribution in [0, 0.1) is 29.6 Å². The fraction of sp³-hybridized carbons (Fsp3) is 0.783. The fourth-order valence-corrected chi connectivity index (χ4v) is 4.02. The van der Waals surface area contributed by atoms with Crippen molar-refractivity contribution in [3.05, 3.63) is 0 Å². The quantitative estimate of drug-likeness (QED) is 0.229. The molecule has 1 unspecified atom stereocenters. The molecule has 0 aromatic rings. The minimum atomic E-state index is -0.712. The molecule has 0 spiro atoms. The van der Waals surface area contributed by atoms with E-state index in [1.807, 2.05) is 0 Å². The van der Waals surface area contributed by atoms with Crippen LogP contribution in [-0.2, 0) is 23.8 Å². The molecular weight excluding hydrogens is 402 g/mol. The Labute approximate surface area is 185 Å². The number of carbonyl (C=O) groups is 3. The van der Waals surface area contributed by atoms with Crippen LogP contribution in [0.1, 0.15) is 58.3 Å². The number of esters is 1. The molecule has 0 radical (unpaired) electrons. The van der Waals surface area contributed by atoms with Gasteiger partial charge in [-0.3, -0.25) is 4.79 Å². The van der Waals surface area contributed by atoms with E-state index in [2.05, 4.69) is 22.3 Å². The molecule has 1 saturated carbocycles. The normalized spacial score (nSPS) is 23.0. The summed E-state index contributed by atoms with van der Waals surface area (Å²) in [6, 6.07) is 0. The molecule has 31 heavy (non-hydrogen) atoms. The number of aliphatic hydroxyl groups is 1. The van der Waals surface area contributed by atoms with Crippen LogP contribution in [-0.4, -0.2) is 63.5 Å². The van der Waals surface area contributed by atoms with Crippen molar-refractivity contribution >= 4 is 17.8 Å². The van der Waals surface area contributed by atoms with Gasteiger partial charge in [-0.15, -0.1) is 11.8 Å². The minimum Gasteiger partial charge on any atom is -0.457 e. The van der Waals surface area contributed by atoms with Gasteiger partial charge in [-0.1, -0.05) is 0 Å². The van der Waals surface area contributed by atoms with Gasteiger partial charge in [-0.05, 0) is 50.4 Å². The van der Waals surface area contributed by atoms with Crippen molar-refractivity contribution in [2.24, 2.45) is 17.8 Å². The van der Waals surface area contributed by atoms with E-state index in [9.17, 15) is 14.4 Å². The summed E-state index contributed by atoms with van der Waals surface area (Å²) in [5.41, 5.74) is 0. The van der Waals surface area contributed by atoms with Crippen LogP contribution in [0.5, 0.6) is 0 Å². The van der Waals surface area contributed by atoms with Gasteiger partial charge >= 0.3 is 12.1 Å². The number of Topliss-reactive ketones (excluding diaryl/α,β-unsaturated/α-hetero) is 1. The SMILES string of the molecule is [2H]OCC(COCCCNC(=O)OCC[C@@H]1[C@@H]2CCC#CCC[C@@H]21)OC(=O)CCC(C)=O. The number of carbonyl (C=O) groups excluding carboxylic acids is 3. The standard InChI is InChI=1S/C23H35NO7/c1-17(26)9-10-22(27)31-18(15-25)16-29-13-6-12-24-23(28)30-14-11-21-19-7-4-2-3-5-8-20(19)21/h18-21,25H,4-16H2,1H3,(H,24,28)/t18?,19-,20+,21-/i25D. The molecule has 8 nitrogen and oxygen atoms in total. The van der Waals surface area contributed by atoms with E-state index in [-0.39, 0.29) is 31.8 Å². The van der Waals surface area contributed by atoms with E-state index in [1.54, 1.807) is 0 Å². The molecule has 0 aromatic carbocycles. The van der Waals surface area contributed by atoms with Crippen LogP contribution in [0.3, 0.4) is 0 Å². The van der Waals surface area contributed by atoms with E-state index in [0.29, 0.717) is 32.1 Å². The first-order valence-corrected chi connectivity index (χ1v) is 11.2. The molecule has 2 N–H and O–H groups in total. The number of nitrogens with one attached hydrogen (secondary N) is 1. The monoisotopic (exact) mass is 438 g/mol. The Balaban J connectivity index is 1.46. The van der Waals surface area contributed by atoms with Crippen molar-refractivity contribution in [1.82, 2.24) is 5.32 Å². The van der Waals surface area contributed by atoms with Crippen LogP contribution in [0.25, 0.3) is 0 Å². The summed E-state index contributed by atoms with van der Waals surface area (Å²) in [7, 11) is 0. The largest absolute Gasteiger partial charge is 0.457 e. The van der Waals surface area contributed by atoms with Gasteiger partial charge in [0.25, 0.3) is 0 Å². The molecule has 174 valence electrons. The number of amides is 1. The molecule has 0 saturated heterocycles. The third-order valence-electron chi connectivity index (χ3n) is 5.73. The minimum absolute atomic E-state index is 0.00760. The highest BCUT2D eigenvalue weighted by molar-refractivity contribution is 5.81.